The van der Waals surface area contributed by atoms with Gasteiger partial charge >= 0.3 is 0 Å². The van der Waals surface area contributed by atoms with E-state index >= 15 is 0 Å². The van der Waals surface area contributed by atoms with Gasteiger partial charge in [0, 0.05) is 0 Å². The van der Waals surface area contributed by atoms with Gasteiger partial charge in [0.05, 0.1) is 0 Å². The number of hydrogen-bond acceptors (Lipinski definition) is 1. The van der Waals surface area contributed by atoms with Gasteiger partial charge in [-0.15, -0.1) is 0 Å². The van der Waals surface area contributed by atoms with Gasteiger partial charge < -0.3 is 4.74 Å². The van der Waals surface area contributed by atoms with E-state index in [-0.39, 0.29) is 11.6 Å². The lowest BCUT2D eigenvalue weighted by Crippen LogP contribution is -1.87. The number of rotatable bonds is 2. The maximum Gasteiger partial charge on any atom is 0.165 e. The van der Waals surface area contributed by atoms with Crippen LogP contribution in [0.25, 0.3) is 0 Å². The molecule has 0 saturated carbocycles. The Bertz CT molecular complexity index is 449. The molecule has 2 aromatic rings. The third-order valence-electron chi connectivity index (χ3n) is 2.09. The number of ether oxygens (including phenoxy) is 1. The molecular weight excluding hydrogens is 215 g/mol. The highest BCUT2D eigenvalue weighted by atomic mass is 19.1. The van der Waals surface area contributed by atoms with Gasteiger partial charge in [-0.05, 0) is 31.2 Å². The van der Waals surface area contributed by atoms with Gasteiger partial charge in [0.1, 0.15) is 5.75 Å². The SMILES string of the molecule is CC.Cc1ccc(Oc2ccccc2F)cc1. The first-order valence-electron chi connectivity index (χ1n) is 5.75. The van der Waals surface area contributed by atoms with Crippen LogP contribution < -0.4 is 4.74 Å². The topological polar surface area (TPSA) is 9.23 Å². The van der Waals surface area contributed by atoms with E-state index in [1.807, 2.05) is 45.0 Å². The minimum atomic E-state index is -0.349. The molecule has 0 N–H and O–H groups in total. The summed E-state index contributed by atoms with van der Waals surface area (Å²) in [4.78, 5) is 0. The molecule has 0 saturated heterocycles. The Morgan fingerprint density at radius 2 is 1.47 bits per heavy atom. The van der Waals surface area contributed by atoms with Gasteiger partial charge in [-0.2, -0.15) is 0 Å². The van der Waals surface area contributed by atoms with Gasteiger partial charge in [-0.3, -0.25) is 0 Å². The van der Waals surface area contributed by atoms with Crippen LogP contribution in [0.4, 0.5) is 4.39 Å². The molecule has 0 fully saturated rings. The van der Waals surface area contributed by atoms with E-state index in [0.717, 1.165) is 5.56 Å². The van der Waals surface area contributed by atoms with Crippen LogP contribution in [0.3, 0.4) is 0 Å². The van der Waals surface area contributed by atoms with Crippen molar-refractivity contribution < 1.29 is 9.13 Å². The fourth-order valence-corrected chi connectivity index (χ4v) is 1.26. The second-order valence-electron chi connectivity index (χ2n) is 3.35. The molecule has 0 atom stereocenters. The first-order chi connectivity index (χ1) is 8.25. The molecule has 17 heavy (non-hydrogen) atoms. The van der Waals surface area contributed by atoms with Crippen LogP contribution in [-0.4, -0.2) is 0 Å². The van der Waals surface area contributed by atoms with Gasteiger partial charge in [-0.1, -0.05) is 43.7 Å². The van der Waals surface area contributed by atoms with Crippen molar-refractivity contribution in [1.29, 1.82) is 0 Å². The summed E-state index contributed by atoms with van der Waals surface area (Å²) in [6, 6.07) is 13.9. The second kappa shape index (κ2) is 6.69. The summed E-state index contributed by atoms with van der Waals surface area (Å²) in [7, 11) is 0. The van der Waals surface area contributed by atoms with E-state index in [0.29, 0.717) is 5.75 Å². The van der Waals surface area contributed by atoms with Crippen molar-refractivity contribution in [3.8, 4) is 11.5 Å². The lowest BCUT2D eigenvalue weighted by Gasteiger charge is -2.06. The lowest BCUT2D eigenvalue weighted by molar-refractivity contribution is 0.442. The molecule has 0 aliphatic rings. The predicted molar refractivity (Wildman–Crippen MR) is 69.0 cm³/mol. The highest BCUT2D eigenvalue weighted by Gasteiger charge is 2.02. The highest BCUT2D eigenvalue weighted by molar-refractivity contribution is 5.33. The van der Waals surface area contributed by atoms with Crippen LogP contribution in [0.2, 0.25) is 0 Å². The quantitative estimate of drug-likeness (QED) is 0.711. The summed E-state index contributed by atoms with van der Waals surface area (Å²) >= 11 is 0. The minimum absolute atomic E-state index is 0.251. The van der Waals surface area contributed by atoms with Gasteiger partial charge in [-0.25, -0.2) is 4.39 Å². The molecule has 0 spiro atoms. The monoisotopic (exact) mass is 232 g/mol. The maximum absolute atomic E-state index is 13.2. The molecule has 0 aliphatic heterocycles. The fraction of sp³-hybridized carbons (Fsp3) is 0.200. The fourth-order valence-electron chi connectivity index (χ4n) is 1.26. The van der Waals surface area contributed by atoms with E-state index in [1.165, 1.54) is 6.07 Å². The number of aryl methyl sites for hydroxylation is 1. The van der Waals surface area contributed by atoms with E-state index in [1.54, 1.807) is 18.2 Å². The summed E-state index contributed by atoms with van der Waals surface area (Å²) in [5, 5.41) is 0. The molecule has 2 heteroatoms. The number of benzene rings is 2. The highest BCUT2D eigenvalue weighted by Crippen LogP contribution is 2.23. The van der Waals surface area contributed by atoms with Crippen molar-refractivity contribution in [3.63, 3.8) is 0 Å². The Hall–Kier alpha value is -1.83. The minimum Gasteiger partial charge on any atom is -0.454 e. The molecule has 0 aliphatic carbocycles. The van der Waals surface area contributed by atoms with Crippen molar-refractivity contribution in [2.75, 3.05) is 0 Å². The number of para-hydroxylation sites is 1. The average molecular weight is 232 g/mol. The maximum atomic E-state index is 13.2. The zero-order valence-electron chi connectivity index (χ0n) is 10.4. The van der Waals surface area contributed by atoms with Crippen molar-refractivity contribution in [3.05, 3.63) is 59.9 Å². The summed E-state index contributed by atoms with van der Waals surface area (Å²) < 4.78 is 18.6. The predicted octanol–water partition coefficient (Wildman–Crippen LogP) is 4.95. The van der Waals surface area contributed by atoms with Crippen molar-refractivity contribution >= 4 is 0 Å². The average Bonchev–Trinajstić information content (AvgIpc) is 2.37. The van der Waals surface area contributed by atoms with Crippen molar-refractivity contribution in [2.45, 2.75) is 20.8 Å². The molecular formula is C15H17FO. The molecule has 0 bridgehead atoms. The Kier molecular flexibility index (Phi) is 5.21. The molecule has 0 amide bonds. The van der Waals surface area contributed by atoms with Gasteiger partial charge in [0.2, 0.25) is 0 Å². The molecule has 2 aromatic carbocycles. The Labute approximate surface area is 102 Å². The summed E-state index contributed by atoms with van der Waals surface area (Å²) in [5.74, 6) is 0.546. The smallest absolute Gasteiger partial charge is 0.165 e. The molecule has 0 unspecified atom stereocenters. The van der Waals surface area contributed by atoms with E-state index in [9.17, 15) is 4.39 Å². The van der Waals surface area contributed by atoms with Gasteiger partial charge in [0.25, 0.3) is 0 Å². The molecule has 0 aromatic heterocycles. The zero-order valence-corrected chi connectivity index (χ0v) is 10.4. The number of hydrogen-bond donors (Lipinski definition) is 0. The van der Waals surface area contributed by atoms with Crippen LogP contribution in [-0.2, 0) is 0 Å². The molecule has 2 rings (SSSR count). The summed E-state index contributed by atoms with van der Waals surface area (Å²) in [6.07, 6.45) is 0. The van der Waals surface area contributed by atoms with Crippen molar-refractivity contribution in [2.24, 2.45) is 0 Å². The summed E-state index contributed by atoms with van der Waals surface area (Å²) in [5.41, 5.74) is 1.15. The van der Waals surface area contributed by atoms with Gasteiger partial charge in [0.15, 0.2) is 11.6 Å². The Morgan fingerprint density at radius 3 is 2.06 bits per heavy atom. The van der Waals surface area contributed by atoms with E-state index in [4.69, 9.17) is 4.74 Å². The third-order valence-corrected chi connectivity index (χ3v) is 2.09. The Morgan fingerprint density at radius 1 is 0.882 bits per heavy atom. The van der Waals surface area contributed by atoms with E-state index in [2.05, 4.69) is 0 Å². The first-order valence-corrected chi connectivity index (χ1v) is 5.75. The molecule has 90 valence electrons. The van der Waals surface area contributed by atoms with Crippen LogP contribution in [0.5, 0.6) is 11.5 Å². The second-order valence-corrected chi connectivity index (χ2v) is 3.35. The van der Waals surface area contributed by atoms with Crippen LogP contribution in [0, 0.1) is 12.7 Å². The largest absolute Gasteiger partial charge is 0.454 e. The van der Waals surface area contributed by atoms with Crippen LogP contribution in [0.1, 0.15) is 19.4 Å². The number of halogens is 1. The lowest BCUT2D eigenvalue weighted by atomic mass is 10.2. The van der Waals surface area contributed by atoms with Crippen LogP contribution >= 0.6 is 0 Å². The summed E-state index contributed by atoms with van der Waals surface area (Å²) in [6.45, 7) is 5.99. The Balaban J connectivity index is 0.000000686. The van der Waals surface area contributed by atoms with Crippen molar-refractivity contribution in [1.82, 2.24) is 0 Å². The van der Waals surface area contributed by atoms with E-state index < -0.39 is 0 Å². The molecule has 0 radical (unpaired) electrons. The standard InChI is InChI=1S/C13H11FO.C2H6/c1-10-6-8-11(9-7-10)15-13-5-3-2-4-12(13)14;1-2/h2-9H,1H3;1-2H3. The normalized spacial score (nSPS) is 9.18. The molecule has 0 heterocycles. The zero-order chi connectivity index (χ0) is 12.7. The first kappa shape index (κ1) is 13.2. The molecule has 1 nitrogen and oxygen atoms in total. The van der Waals surface area contributed by atoms with Crippen LogP contribution in [0.15, 0.2) is 48.5 Å². The third kappa shape index (κ3) is 3.91.